The first-order valence-electron chi connectivity index (χ1n) is 6.72. The Balaban J connectivity index is 2.23. The van der Waals surface area contributed by atoms with Crippen LogP contribution >= 0.6 is 0 Å². The molecule has 1 fully saturated rings. The molecule has 3 heteroatoms. The van der Waals surface area contributed by atoms with Gasteiger partial charge in [-0.05, 0) is 43.9 Å². The number of rotatable bonds is 6. The molecule has 1 aromatic carbocycles. The summed E-state index contributed by atoms with van der Waals surface area (Å²) in [6.07, 6.45) is 2.27. The SMILES string of the molecule is CCC(CNC)c1cccc(C(F)(F)C2CC2)c1. The molecular formula is C15H21F2N. The Hall–Kier alpha value is -0.960. The van der Waals surface area contributed by atoms with E-state index in [-0.39, 0.29) is 5.56 Å². The Labute approximate surface area is 108 Å². The molecule has 0 bridgehead atoms. The van der Waals surface area contributed by atoms with Crippen LogP contribution < -0.4 is 5.32 Å². The Kier molecular flexibility index (Phi) is 4.00. The molecule has 1 N–H and O–H groups in total. The van der Waals surface area contributed by atoms with Crippen molar-refractivity contribution in [2.24, 2.45) is 5.92 Å². The van der Waals surface area contributed by atoms with Gasteiger partial charge in [0, 0.05) is 18.0 Å². The molecule has 0 radical (unpaired) electrons. The summed E-state index contributed by atoms with van der Waals surface area (Å²) in [4.78, 5) is 0. The van der Waals surface area contributed by atoms with Crippen LogP contribution in [0.5, 0.6) is 0 Å². The van der Waals surface area contributed by atoms with Gasteiger partial charge in [0.2, 0.25) is 0 Å². The first-order valence-corrected chi connectivity index (χ1v) is 6.72. The molecule has 18 heavy (non-hydrogen) atoms. The zero-order chi connectivity index (χ0) is 13.2. The molecule has 1 aliphatic carbocycles. The van der Waals surface area contributed by atoms with Crippen molar-refractivity contribution in [3.8, 4) is 0 Å². The maximum absolute atomic E-state index is 14.1. The maximum atomic E-state index is 14.1. The molecule has 0 aliphatic heterocycles. The Morgan fingerprint density at radius 3 is 2.67 bits per heavy atom. The lowest BCUT2D eigenvalue weighted by atomic mass is 9.92. The lowest BCUT2D eigenvalue weighted by molar-refractivity contribution is -0.0286. The van der Waals surface area contributed by atoms with E-state index in [2.05, 4.69) is 12.2 Å². The first-order chi connectivity index (χ1) is 8.59. The van der Waals surface area contributed by atoms with E-state index in [1.54, 1.807) is 18.2 Å². The standard InChI is InChI=1S/C15H21F2N/c1-3-11(10-18-2)12-5-4-6-14(9-12)15(16,17)13-7-8-13/h4-6,9,11,13,18H,3,7-8,10H2,1-2H3. The van der Waals surface area contributed by atoms with Crippen molar-refractivity contribution in [1.82, 2.24) is 5.32 Å². The summed E-state index contributed by atoms with van der Waals surface area (Å²) in [6.45, 7) is 2.92. The van der Waals surface area contributed by atoms with E-state index in [9.17, 15) is 8.78 Å². The predicted octanol–water partition coefficient (Wildman–Crippen LogP) is 3.90. The molecule has 0 heterocycles. The van der Waals surface area contributed by atoms with Gasteiger partial charge in [-0.2, -0.15) is 0 Å². The lowest BCUT2D eigenvalue weighted by Gasteiger charge is -2.20. The van der Waals surface area contributed by atoms with E-state index in [1.807, 2.05) is 13.1 Å². The topological polar surface area (TPSA) is 12.0 Å². The van der Waals surface area contributed by atoms with Gasteiger partial charge >= 0.3 is 0 Å². The van der Waals surface area contributed by atoms with Gasteiger partial charge in [-0.15, -0.1) is 0 Å². The van der Waals surface area contributed by atoms with E-state index in [0.29, 0.717) is 18.8 Å². The highest BCUT2D eigenvalue weighted by atomic mass is 19.3. The number of hydrogen-bond donors (Lipinski definition) is 1. The van der Waals surface area contributed by atoms with E-state index in [0.717, 1.165) is 18.5 Å². The van der Waals surface area contributed by atoms with Gasteiger partial charge in [-0.1, -0.05) is 25.1 Å². The number of benzene rings is 1. The molecule has 0 saturated heterocycles. The van der Waals surface area contributed by atoms with Gasteiger partial charge in [0.05, 0.1) is 0 Å². The molecule has 1 atom stereocenters. The van der Waals surface area contributed by atoms with Gasteiger partial charge in [0.1, 0.15) is 0 Å². The fourth-order valence-electron chi connectivity index (χ4n) is 2.43. The highest BCUT2D eigenvalue weighted by molar-refractivity contribution is 5.30. The van der Waals surface area contributed by atoms with E-state index < -0.39 is 11.8 Å². The minimum atomic E-state index is -2.64. The second-order valence-corrected chi connectivity index (χ2v) is 5.19. The third-order valence-corrected chi connectivity index (χ3v) is 3.78. The first kappa shape index (κ1) is 13.5. The third kappa shape index (κ3) is 2.72. The minimum Gasteiger partial charge on any atom is -0.319 e. The molecule has 1 aliphatic rings. The highest BCUT2D eigenvalue weighted by Crippen LogP contribution is 2.49. The van der Waals surface area contributed by atoms with Crippen molar-refractivity contribution in [2.75, 3.05) is 13.6 Å². The number of nitrogens with one attached hydrogen (secondary N) is 1. The quantitative estimate of drug-likeness (QED) is 0.810. The number of likely N-dealkylation sites (N-methyl/N-ethyl adjacent to an activating group) is 1. The van der Waals surface area contributed by atoms with Gasteiger partial charge in [0.25, 0.3) is 5.92 Å². The Morgan fingerprint density at radius 2 is 2.11 bits per heavy atom. The van der Waals surface area contributed by atoms with Crippen molar-refractivity contribution in [3.05, 3.63) is 35.4 Å². The van der Waals surface area contributed by atoms with Crippen LogP contribution in [-0.2, 0) is 5.92 Å². The van der Waals surface area contributed by atoms with Gasteiger partial charge in [-0.3, -0.25) is 0 Å². The summed E-state index contributed by atoms with van der Waals surface area (Å²) in [5, 5.41) is 3.12. The fourth-order valence-corrected chi connectivity index (χ4v) is 2.43. The van der Waals surface area contributed by atoms with E-state index in [1.165, 1.54) is 0 Å². The molecule has 0 aromatic heterocycles. The summed E-state index contributed by atoms with van der Waals surface area (Å²) in [5.74, 6) is -2.77. The van der Waals surface area contributed by atoms with E-state index >= 15 is 0 Å². The molecular weight excluding hydrogens is 232 g/mol. The van der Waals surface area contributed by atoms with Crippen LogP contribution in [0.1, 0.15) is 43.2 Å². The van der Waals surface area contributed by atoms with Crippen LogP contribution in [0.4, 0.5) is 8.78 Å². The Morgan fingerprint density at radius 1 is 1.39 bits per heavy atom. The summed E-state index contributed by atoms with van der Waals surface area (Å²) >= 11 is 0. The second kappa shape index (κ2) is 5.35. The van der Waals surface area contributed by atoms with Crippen LogP contribution in [0.25, 0.3) is 0 Å². The van der Waals surface area contributed by atoms with Crippen LogP contribution in [0, 0.1) is 5.92 Å². The summed E-state index contributed by atoms with van der Waals surface area (Å²) in [5.41, 5.74) is 1.21. The average Bonchev–Trinajstić information content (AvgIpc) is 3.20. The second-order valence-electron chi connectivity index (χ2n) is 5.19. The molecule has 1 saturated carbocycles. The summed E-state index contributed by atoms with van der Waals surface area (Å²) in [7, 11) is 1.89. The lowest BCUT2D eigenvalue weighted by Crippen LogP contribution is -2.19. The monoisotopic (exact) mass is 253 g/mol. The number of alkyl halides is 2. The molecule has 1 unspecified atom stereocenters. The molecule has 0 amide bonds. The molecule has 1 nitrogen and oxygen atoms in total. The minimum absolute atomic E-state index is 0.192. The summed E-state index contributed by atoms with van der Waals surface area (Å²) in [6, 6.07) is 6.98. The van der Waals surface area contributed by atoms with Gasteiger partial charge < -0.3 is 5.32 Å². The van der Waals surface area contributed by atoms with Crippen LogP contribution in [-0.4, -0.2) is 13.6 Å². The molecule has 0 spiro atoms. The third-order valence-electron chi connectivity index (χ3n) is 3.78. The average molecular weight is 253 g/mol. The van der Waals surface area contributed by atoms with Crippen LogP contribution in [0.2, 0.25) is 0 Å². The zero-order valence-corrected chi connectivity index (χ0v) is 11.0. The van der Waals surface area contributed by atoms with Crippen molar-refractivity contribution in [1.29, 1.82) is 0 Å². The van der Waals surface area contributed by atoms with Crippen molar-refractivity contribution >= 4 is 0 Å². The smallest absolute Gasteiger partial charge is 0.276 e. The zero-order valence-electron chi connectivity index (χ0n) is 11.0. The van der Waals surface area contributed by atoms with Gasteiger partial charge in [-0.25, -0.2) is 8.78 Å². The maximum Gasteiger partial charge on any atom is 0.276 e. The molecule has 2 rings (SSSR count). The highest BCUT2D eigenvalue weighted by Gasteiger charge is 2.47. The molecule has 100 valence electrons. The van der Waals surface area contributed by atoms with Crippen molar-refractivity contribution < 1.29 is 8.78 Å². The van der Waals surface area contributed by atoms with Crippen LogP contribution in [0.3, 0.4) is 0 Å². The van der Waals surface area contributed by atoms with E-state index in [4.69, 9.17) is 0 Å². The number of halogens is 2. The van der Waals surface area contributed by atoms with Crippen molar-refractivity contribution in [3.63, 3.8) is 0 Å². The van der Waals surface area contributed by atoms with Crippen molar-refractivity contribution in [2.45, 2.75) is 38.0 Å². The van der Waals surface area contributed by atoms with Crippen LogP contribution in [0.15, 0.2) is 24.3 Å². The fraction of sp³-hybridized carbons (Fsp3) is 0.600. The summed E-state index contributed by atoms with van der Waals surface area (Å²) < 4.78 is 28.1. The van der Waals surface area contributed by atoms with Gasteiger partial charge in [0.15, 0.2) is 0 Å². The largest absolute Gasteiger partial charge is 0.319 e. The predicted molar refractivity (Wildman–Crippen MR) is 70.0 cm³/mol. The normalized spacial score (nSPS) is 17.8. The molecule has 1 aromatic rings. The number of hydrogen-bond acceptors (Lipinski definition) is 1. The Bertz CT molecular complexity index is 399.